The van der Waals surface area contributed by atoms with E-state index >= 15 is 0 Å². The number of halogens is 1. The number of thiazole rings is 1. The van der Waals surface area contributed by atoms with Crippen LogP contribution in [-0.2, 0) is 11.3 Å². The van der Waals surface area contributed by atoms with E-state index in [9.17, 15) is 9.18 Å². The van der Waals surface area contributed by atoms with Crippen molar-refractivity contribution < 1.29 is 13.9 Å². The smallest absolute Gasteiger partial charge is 0.246 e. The van der Waals surface area contributed by atoms with Crippen molar-refractivity contribution in [2.75, 3.05) is 14.2 Å². The Kier molecular flexibility index (Phi) is 5.27. The minimum Gasteiger partial charge on any atom is -0.494 e. The normalized spacial score (nSPS) is 10.9. The number of rotatable bonds is 5. The predicted octanol–water partition coefficient (Wildman–Crippen LogP) is 3.27. The highest BCUT2D eigenvalue weighted by Crippen LogP contribution is 2.18. The summed E-state index contributed by atoms with van der Waals surface area (Å²) in [5.74, 6) is -0.409. The summed E-state index contributed by atoms with van der Waals surface area (Å²) in [5.41, 5.74) is 1.46. The topological polar surface area (TPSA) is 42.4 Å². The van der Waals surface area contributed by atoms with E-state index in [0.717, 1.165) is 10.7 Å². The molecule has 116 valence electrons. The molecule has 2 aromatic rings. The van der Waals surface area contributed by atoms with Crippen LogP contribution in [0, 0.1) is 12.7 Å². The zero-order valence-electron chi connectivity index (χ0n) is 12.7. The first-order valence-corrected chi connectivity index (χ1v) is 7.55. The lowest BCUT2D eigenvalue weighted by Gasteiger charge is -2.15. The highest BCUT2D eigenvalue weighted by Gasteiger charge is 2.09. The van der Waals surface area contributed by atoms with Gasteiger partial charge in [-0.25, -0.2) is 9.37 Å². The van der Waals surface area contributed by atoms with Gasteiger partial charge in [0.05, 0.1) is 17.8 Å². The van der Waals surface area contributed by atoms with Gasteiger partial charge in [-0.2, -0.15) is 0 Å². The number of aryl methyl sites for hydroxylation is 1. The second kappa shape index (κ2) is 7.17. The molecule has 0 unspecified atom stereocenters. The van der Waals surface area contributed by atoms with Gasteiger partial charge >= 0.3 is 0 Å². The van der Waals surface area contributed by atoms with E-state index in [1.807, 2.05) is 12.3 Å². The summed E-state index contributed by atoms with van der Waals surface area (Å²) in [4.78, 5) is 17.8. The molecule has 1 amide bonds. The maximum Gasteiger partial charge on any atom is 0.246 e. The number of likely N-dealkylation sites (N-methyl/N-ethyl adjacent to an activating group) is 1. The van der Waals surface area contributed by atoms with Gasteiger partial charge < -0.3 is 9.64 Å². The van der Waals surface area contributed by atoms with E-state index in [4.69, 9.17) is 4.74 Å². The van der Waals surface area contributed by atoms with Crippen molar-refractivity contribution in [2.24, 2.45) is 0 Å². The van der Waals surface area contributed by atoms with Crippen LogP contribution in [-0.4, -0.2) is 29.9 Å². The van der Waals surface area contributed by atoms with Crippen LogP contribution in [0.15, 0.2) is 29.7 Å². The lowest BCUT2D eigenvalue weighted by molar-refractivity contribution is -0.125. The van der Waals surface area contributed by atoms with Crippen molar-refractivity contribution in [2.45, 2.75) is 13.5 Å². The number of nitrogens with zero attached hydrogens (tertiary/aromatic N) is 2. The Labute approximate surface area is 132 Å². The third kappa shape index (κ3) is 4.14. The first-order valence-electron chi connectivity index (χ1n) is 6.67. The minimum atomic E-state index is -0.436. The number of hydrogen-bond acceptors (Lipinski definition) is 4. The molecule has 0 aliphatic carbocycles. The molecule has 0 N–H and O–H groups in total. The van der Waals surface area contributed by atoms with Gasteiger partial charge in [0, 0.05) is 25.0 Å². The average Bonchev–Trinajstić information content (AvgIpc) is 2.90. The summed E-state index contributed by atoms with van der Waals surface area (Å²) < 4.78 is 18.5. The second-order valence-electron chi connectivity index (χ2n) is 4.79. The number of aromatic nitrogens is 1. The Morgan fingerprint density at radius 2 is 2.27 bits per heavy atom. The van der Waals surface area contributed by atoms with E-state index in [2.05, 4.69) is 4.98 Å². The number of hydrogen-bond donors (Lipinski definition) is 0. The molecule has 0 radical (unpaired) electrons. The van der Waals surface area contributed by atoms with Crippen molar-refractivity contribution in [1.82, 2.24) is 9.88 Å². The van der Waals surface area contributed by atoms with Crippen molar-refractivity contribution in [3.05, 3.63) is 51.7 Å². The molecule has 0 spiro atoms. The van der Waals surface area contributed by atoms with Crippen LogP contribution in [0.3, 0.4) is 0 Å². The largest absolute Gasteiger partial charge is 0.494 e. The van der Waals surface area contributed by atoms with Crippen LogP contribution in [0.25, 0.3) is 6.08 Å². The molecule has 6 heteroatoms. The highest BCUT2D eigenvalue weighted by atomic mass is 32.1. The van der Waals surface area contributed by atoms with Crippen molar-refractivity contribution in [1.29, 1.82) is 0 Å². The Morgan fingerprint density at radius 1 is 1.50 bits per heavy atom. The molecule has 2 rings (SSSR count). The van der Waals surface area contributed by atoms with E-state index < -0.39 is 5.82 Å². The molecule has 0 saturated heterocycles. The first kappa shape index (κ1) is 16.2. The average molecular weight is 320 g/mol. The molecule has 1 heterocycles. The summed E-state index contributed by atoms with van der Waals surface area (Å²) in [7, 11) is 3.08. The van der Waals surface area contributed by atoms with Crippen LogP contribution in [0.5, 0.6) is 5.75 Å². The number of methoxy groups -OCH3 is 1. The summed E-state index contributed by atoms with van der Waals surface area (Å²) >= 11 is 1.53. The summed E-state index contributed by atoms with van der Waals surface area (Å²) in [6.45, 7) is 2.23. The zero-order valence-corrected chi connectivity index (χ0v) is 13.5. The number of carbonyl (C=O) groups is 1. The van der Waals surface area contributed by atoms with Gasteiger partial charge in [0.1, 0.15) is 0 Å². The van der Waals surface area contributed by atoms with Gasteiger partial charge in [-0.05, 0) is 30.7 Å². The molecular weight excluding hydrogens is 303 g/mol. The van der Waals surface area contributed by atoms with Crippen LogP contribution < -0.4 is 4.74 Å². The molecule has 4 nitrogen and oxygen atoms in total. The molecule has 0 saturated carbocycles. The fraction of sp³-hybridized carbons (Fsp3) is 0.250. The van der Waals surface area contributed by atoms with Crippen molar-refractivity contribution in [3.63, 3.8) is 0 Å². The Bertz CT molecular complexity index is 697. The highest BCUT2D eigenvalue weighted by molar-refractivity contribution is 7.09. The van der Waals surface area contributed by atoms with E-state index in [1.54, 1.807) is 25.3 Å². The van der Waals surface area contributed by atoms with Crippen LogP contribution in [0.2, 0.25) is 0 Å². The molecule has 0 bridgehead atoms. The molecule has 1 aromatic carbocycles. The second-order valence-corrected chi connectivity index (χ2v) is 5.85. The van der Waals surface area contributed by atoms with Gasteiger partial charge in [-0.15, -0.1) is 11.3 Å². The lowest BCUT2D eigenvalue weighted by Crippen LogP contribution is -2.24. The quantitative estimate of drug-likeness (QED) is 0.794. The summed E-state index contributed by atoms with van der Waals surface area (Å²) in [6, 6.07) is 4.66. The zero-order chi connectivity index (χ0) is 16.1. The molecule has 0 atom stereocenters. The molecule has 1 aromatic heterocycles. The Morgan fingerprint density at radius 3 is 2.86 bits per heavy atom. The molecule has 0 fully saturated rings. The third-order valence-corrected chi connectivity index (χ3v) is 3.84. The van der Waals surface area contributed by atoms with Crippen LogP contribution in [0.1, 0.15) is 16.3 Å². The summed E-state index contributed by atoms with van der Waals surface area (Å²) in [5, 5.41) is 2.84. The number of ether oxygens (including phenoxy) is 1. The van der Waals surface area contributed by atoms with Gasteiger partial charge in [0.25, 0.3) is 0 Å². The van der Waals surface area contributed by atoms with Gasteiger partial charge in [-0.1, -0.05) is 6.07 Å². The molecule has 22 heavy (non-hydrogen) atoms. The standard InChI is InChI=1S/C16H17FN2O2S/c1-11-18-13(10-22-11)5-7-16(20)19(2)9-12-4-6-15(21-3)14(17)8-12/h4-8,10H,9H2,1-3H3/b7-5+. The summed E-state index contributed by atoms with van der Waals surface area (Å²) in [6.07, 6.45) is 3.14. The molecule has 0 aliphatic rings. The number of carbonyl (C=O) groups excluding carboxylic acids is 1. The first-order chi connectivity index (χ1) is 10.5. The monoisotopic (exact) mass is 320 g/mol. The molecule has 0 aliphatic heterocycles. The van der Waals surface area contributed by atoms with Crippen LogP contribution >= 0.6 is 11.3 Å². The maximum absolute atomic E-state index is 13.6. The Hall–Kier alpha value is -2.21. The van der Waals surface area contributed by atoms with Gasteiger partial charge in [0.15, 0.2) is 11.6 Å². The third-order valence-electron chi connectivity index (χ3n) is 3.05. The number of benzene rings is 1. The predicted molar refractivity (Wildman–Crippen MR) is 85.3 cm³/mol. The fourth-order valence-corrected chi connectivity index (χ4v) is 2.48. The maximum atomic E-state index is 13.6. The van der Waals surface area contributed by atoms with Crippen LogP contribution in [0.4, 0.5) is 4.39 Å². The fourth-order valence-electron chi connectivity index (χ4n) is 1.90. The minimum absolute atomic E-state index is 0.165. The van der Waals surface area contributed by atoms with E-state index in [1.165, 1.54) is 35.5 Å². The van der Waals surface area contributed by atoms with Gasteiger partial charge in [-0.3, -0.25) is 4.79 Å². The SMILES string of the molecule is COc1ccc(CN(C)C(=O)/C=C/c2csc(C)n2)cc1F. The number of amides is 1. The van der Waals surface area contributed by atoms with Crippen molar-refractivity contribution in [3.8, 4) is 5.75 Å². The Balaban J connectivity index is 1.99. The van der Waals surface area contributed by atoms with E-state index in [-0.39, 0.29) is 11.7 Å². The van der Waals surface area contributed by atoms with Crippen molar-refractivity contribution >= 4 is 23.3 Å². The van der Waals surface area contributed by atoms with E-state index in [0.29, 0.717) is 12.1 Å². The molecular formula is C16H17FN2O2S. The van der Waals surface area contributed by atoms with Gasteiger partial charge in [0.2, 0.25) is 5.91 Å². The lowest BCUT2D eigenvalue weighted by atomic mass is 10.2.